The van der Waals surface area contributed by atoms with Crippen molar-refractivity contribution in [3.05, 3.63) is 45.8 Å². The molecule has 9 heteroatoms. The Bertz CT molecular complexity index is 639. The fourth-order valence-electron chi connectivity index (χ4n) is 1.59. The Kier molecular flexibility index (Phi) is 3.99. The van der Waals surface area contributed by atoms with Crippen molar-refractivity contribution in [1.82, 2.24) is 20.2 Å². The van der Waals surface area contributed by atoms with Gasteiger partial charge in [-0.25, -0.2) is 9.48 Å². The number of nitro benzene ring substituents is 1. The van der Waals surface area contributed by atoms with Crippen LogP contribution < -0.4 is 0 Å². The van der Waals surface area contributed by atoms with Gasteiger partial charge >= 0.3 is 5.97 Å². The summed E-state index contributed by atoms with van der Waals surface area (Å²) in [5, 5.41) is 21.4. The lowest BCUT2D eigenvalue weighted by Crippen LogP contribution is -2.15. The Hall–Kier alpha value is -2.84. The predicted octanol–water partition coefficient (Wildman–Crippen LogP) is 0.806. The van der Waals surface area contributed by atoms with Crippen molar-refractivity contribution in [3.63, 3.8) is 0 Å². The summed E-state index contributed by atoms with van der Waals surface area (Å²) >= 11 is 0. The van der Waals surface area contributed by atoms with E-state index in [1.807, 2.05) is 0 Å². The Balaban J connectivity index is 2.22. The topological polar surface area (TPSA) is 113 Å². The van der Waals surface area contributed by atoms with Crippen LogP contribution in [0.4, 0.5) is 5.69 Å². The molecule has 20 heavy (non-hydrogen) atoms. The van der Waals surface area contributed by atoms with Gasteiger partial charge in [-0.05, 0) is 22.9 Å². The first-order chi connectivity index (χ1) is 9.61. The van der Waals surface area contributed by atoms with Crippen molar-refractivity contribution in [2.45, 2.75) is 13.5 Å². The standard InChI is InChI=1S/C11H11N5O4/c1-2-20-11(17)10-12-13-14-15(10)7-8-4-3-5-9(6-8)16(18)19/h3-6H,2,7H2,1H3. The van der Waals surface area contributed by atoms with Crippen LogP contribution in [0.5, 0.6) is 0 Å². The van der Waals surface area contributed by atoms with Crippen molar-refractivity contribution in [2.75, 3.05) is 6.61 Å². The molecule has 0 amide bonds. The van der Waals surface area contributed by atoms with Gasteiger partial charge in [0.05, 0.1) is 18.1 Å². The Labute approximate surface area is 113 Å². The highest BCUT2D eigenvalue weighted by Gasteiger charge is 2.17. The van der Waals surface area contributed by atoms with Crippen LogP contribution in [0.15, 0.2) is 24.3 Å². The Morgan fingerprint density at radius 1 is 1.50 bits per heavy atom. The number of benzene rings is 1. The van der Waals surface area contributed by atoms with E-state index in [9.17, 15) is 14.9 Å². The van der Waals surface area contributed by atoms with Crippen LogP contribution in [-0.4, -0.2) is 37.7 Å². The number of non-ortho nitro benzene ring substituents is 1. The number of esters is 1. The first-order valence-corrected chi connectivity index (χ1v) is 5.78. The molecule has 0 radical (unpaired) electrons. The van der Waals surface area contributed by atoms with Crippen molar-refractivity contribution < 1.29 is 14.5 Å². The lowest BCUT2D eigenvalue weighted by atomic mass is 10.2. The highest BCUT2D eigenvalue weighted by atomic mass is 16.6. The van der Waals surface area contributed by atoms with Crippen LogP contribution in [-0.2, 0) is 11.3 Å². The highest BCUT2D eigenvalue weighted by Crippen LogP contribution is 2.14. The second kappa shape index (κ2) is 5.87. The SMILES string of the molecule is CCOC(=O)c1nnnn1Cc1cccc([N+](=O)[O-])c1. The molecule has 9 nitrogen and oxygen atoms in total. The first-order valence-electron chi connectivity index (χ1n) is 5.78. The predicted molar refractivity (Wildman–Crippen MR) is 66.0 cm³/mol. The number of nitro groups is 1. The first kappa shape index (κ1) is 13.6. The molecular formula is C11H11N5O4. The van der Waals surface area contributed by atoms with Crippen LogP contribution in [0.3, 0.4) is 0 Å². The maximum Gasteiger partial charge on any atom is 0.378 e. The molecular weight excluding hydrogens is 266 g/mol. The summed E-state index contributed by atoms with van der Waals surface area (Å²) in [6.07, 6.45) is 0. The summed E-state index contributed by atoms with van der Waals surface area (Å²) in [5.74, 6) is -0.679. The van der Waals surface area contributed by atoms with Crippen molar-refractivity contribution in [2.24, 2.45) is 0 Å². The zero-order valence-electron chi connectivity index (χ0n) is 10.6. The largest absolute Gasteiger partial charge is 0.460 e. The molecule has 0 aliphatic heterocycles. The number of carbonyl (C=O) groups excluding carboxylic acids is 1. The molecule has 0 fully saturated rings. The summed E-state index contributed by atoms with van der Waals surface area (Å²) in [7, 11) is 0. The third-order valence-electron chi connectivity index (χ3n) is 2.44. The van der Waals surface area contributed by atoms with Crippen LogP contribution in [0.2, 0.25) is 0 Å². The molecule has 104 valence electrons. The average molecular weight is 277 g/mol. The number of rotatable bonds is 5. The monoisotopic (exact) mass is 277 g/mol. The number of aromatic nitrogens is 4. The molecule has 0 atom stereocenters. The molecule has 0 bridgehead atoms. The third-order valence-corrected chi connectivity index (χ3v) is 2.44. The molecule has 1 heterocycles. The van der Waals surface area contributed by atoms with E-state index in [0.717, 1.165) is 0 Å². The summed E-state index contributed by atoms with van der Waals surface area (Å²) in [5.41, 5.74) is 0.574. The lowest BCUT2D eigenvalue weighted by molar-refractivity contribution is -0.384. The van der Waals surface area contributed by atoms with Gasteiger partial charge in [-0.15, -0.1) is 5.10 Å². The number of hydrogen-bond donors (Lipinski definition) is 0. The van der Waals surface area contributed by atoms with E-state index in [-0.39, 0.29) is 24.7 Å². The highest BCUT2D eigenvalue weighted by molar-refractivity contribution is 5.85. The second-order valence-electron chi connectivity index (χ2n) is 3.81. The van der Waals surface area contributed by atoms with Gasteiger partial charge in [0, 0.05) is 12.1 Å². The summed E-state index contributed by atoms with van der Waals surface area (Å²) in [4.78, 5) is 21.8. The molecule has 0 N–H and O–H groups in total. The minimum atomic E-state index is -0.636. The minimum Gasteiger partial charge on any atom is -0.460 e. The molecule has 0 aliphatic carbocycles. The van der Waals surface area contributed by atoms with Gasteiger partial charge in [-0.3, -0.25) is 10.1 Å². The molecule has 2 rings (SSSR count). The second-order valence-corrected chi connectivity index (χ2v) is 3.81. The number of ether oxygens (including phenoxy) is 1. The Morgan fingerprint density at radius 3 is 3.00 bits per heavy atom. The molecule has 1 aromatic heterocycles. The van der Waals surface area contributed by atoms with Gasteiger partial charge in [-0.2, -0.15) is 0 Å². The van der Waals surface area contributed by atoms with E-state index < -0.39 is 10.9 Å². The maximum atomic E-state index is 11.6. The van der Waals surface area contributed by atoms with Crippen LogP contribution in [0.1, 0.15) is 23.1 Å². The Morgan fingerprint density at radius 2 is 2.30 bits per heavy atom. The van der Waals surface area contributed by atoms with Gasteiger partial charge in [0.1, 0.15) is 0 Å². The van der Waals surface area contributed by atoms with Crippen molar-refractivity contribution >= 4 is 11.7 Å². The molecule has 1 aromatic carbocycles. The number of hydrogen-bond acceptors (Lipinski definition) is 7. The molecule has 0 saturated heterocycles. The molecule has 0 aliphatic rings. The molecule has 0 unspecified atom stereocenters. The average Bonchev–Trinajstić information content (AvgIpc) is 2.87. The zero-order chi connectivity index (χ0) is 14.5. The van der Waals surface area contributed by atoms with Gasteiger partial charge < -0.3 is 4.74 Å². The van der Waals surface area contributed by atoms with Crippen molar-refractivity contribution in [1.29, 1.82) is 0 Å². The quantitative estimate of drug-likeness (QED) is 0.451. The van der Waals surface area contributed by atoms with Gasteiger partial charge in [0.2, 0.25) is 0 Å². The zero-order valence-corrected chi connectivity index (χ0v) is 10.6. The molecule has 0 saturated carbocycles. The number of carbonyl (C=O) groups is 1. The van der Waals surface area contributed by atoms with Crippen LogP contribution >= 0.6 is 0 Å². The maximum absolute atomic E-state index is 11.6. The van der Waals surface area contributed by atoms with E-state index in [2.05, 4.69) is 15.5 Å². The molecule has 2 aromatic rings. The van der Waals surface area contributed by atoms with E-state index in [1.165, 1.54) is 16.8 Å². The summed E-state index contributed by atoms with van der Waals surface area (Å²) < 4.78 is 6.05. The van der Waals surface area contributed by atoms with Gasteiger partial charge in [0.25, 0.3) is 11.5 Å². The number of nitrogens with zero attached hydrogens (tertiary/aromatic N) is 5. The van der Waals surface area contributed by atoms with Gasteiger partial charge in [0.15, 0.2) is 0 Å². The summed E-state index contributed by atoms with van der Waals surface area (Å²) in [6.45, 7) is 2.03. The fraction of sp³-hybridized carbons (Fsp3) is 0.273. The number of tetrazole rings is 1. The van der Waals surface area contributed by atoms with Crippen LogP contribution in [0, 0.1) is 10.1 Å². The molecule has 0 spiro atoms. The summed E-state index contributed by atoms with van der Waals surface area (Å²) in [6, 6.07) is 6.03. The van der Waals surface area contributed by atoms with E-state index in [1.54, 1.807) is 19.1 Å². The van der Waals surface area contributed by atoms with Crippen LogP contribution in [0.25, 0.3) is 0 Å². The third kappa shape index (κ3) is 2.94. The smallest absolute Gasteiger partial charge is 0.378 e. The van der Waals surface area contributed by atoms with E-state index in [4.69, 9.17) is 4.74 Å². The van der Waals surface area contributed by atoms with E-state index >= 15 is 0 Å². The minimum absolute atomic E-state index is 0.0340. The van der Waals surface area contributed by atoms with Crippen molar-refractivity contribution in [3.8, 4) is 0 Å². The van der Waals surface area contributed by atoms with E-state index in [0.29, 0.717) is 5.56 Å². The fourth-order valence-corrected chi connectivity index (χ4v) is 1.59. The normalized spacial score (nSPS) is 10.2. The van der Waals surface area contributed by atoms with Gasteiger partial charge in [-0.1, -0.05) is 12.1 Å². The lowest BCUT2D eigenvalue weighted by Gasteiger charge is -2.04.